The van der Waals surface area contributed by atoms with Crippen molar-refractivity contribution in [2.24, 2.45) is 7.05 Å². The first kappa shape index (κ1) is 14.6. The quantitative estimate of drug-likeness (QED) is 0.879. The molecule has 0 aliphatic heterocycles. The highest BCUT2D eigenvalue weighted by atomic mass is 32.2. The number of rotatable bonds is 6. The first-order valence-electron chi connectivity index (χ1n) is 6.38. The molecule has 5 nitrogen and oxygen atoms in total. The standard InChI is InChI=1S/C14H18N4OS/c1-11-4-3-5-12(6-11)8-20-9-14(19)15-7-13-16-10-18(2)17-13/h3-6,10H,7-9H2,1-2H3,(H,15,19). The monoisotopic (exact) mass is 290 g/mol. The van der Waals surface area contributed by atoms with E-state index >= 15 is 0 Å². The van der Waals surface area contributed by atoms with Gasteiger partial charge in [-0.15, -0.1) is 11.8 Å². The van der Waals surface area contributed by atoms with E-state index in [1.54, 1.807) is 29.8 Å². The lowest BCUT2D eigenvalue weighted by Crippen LogP contribution is -2.25. The minimum absolute atomic E-state index is 0.00936. The molecule has 1 aromatic carbocycles. The zero-order valence-electron chi connectivity index (χ0n) is 11.7. The van der Waals surface area contributed by atoms with Gasteiger partial charge in [-0.05, 0) is 12.5 Å². The molecule has 1 aromatic heterocycles. The third-order valence-corrected chi connectivity index (χ3v) is 3.68. The predicted molar refractivity (Wildman–Crippen MR) is 80.2 cm³/mol. The Balaban J connectivity index is 1.67. The van der Waals surface area contributed by atoms with Crippen molar-refractivity contribution in [3.8, 4) is 0 Å². The van der Waals surface area contributed by atoms with E-state index in [1.165, 1.54) is 11.1 Å². The first-order valence-corrected chi connectivity index (χ1v) is 7.53. The summed E-state index contributed by atoms with van der Waals surface area (Å²) < 4.78 is 1.62. The number of benzene rings is 1. The van der Waals surface area contributed by atoms with Crippen LogP contribution < -0.4 is 5.32 Å². The zero-order valence-corrected chi connectivity index (χ0v) is 12.5. The van der Waals surface area contributed by atoms with Crippen LogP contribution in [-0.4, -0.2) is 26.4 Å². The Morgan fingerprint density at radius 2 is 2.30 bits per heavy atom. The summed E-state index contributed by atoms with van der Waals surface area (Å²) in [6.45, 7) is 2.45. The molecule has 0 saturated carbocycles. The van der Waals surface area contributed by atoms with E-state index in [0.717, 1.165) is 5.75 Å². The van der Waals surface area contributed by atoms with Gasteiger partial charge in [0, 0.05) is 12.8 Å². The molecule has 0 atom stereocenters. The van der Waals surface area contributed by atoms with E-state index in [-0.39, 0.29) is 5.91 Å². The molecule has 2 rings (SSSR count). The van der Waals surface area contributed by atoms with E-state index in [9.17, 15) is 4.79 Å². The van der Waals surface area contributed by atoms with Crippen LogP contribution in [0, 0.1) is 6.92 Å². The van der Waals surface area contributed by atoms with Crippen LogP contribution in [0.4, 0.5) is 0 Å². The molecule has 20 heavy (non-hydrogen) atoms. The van der Waals surface area contributed by atoms with Crippen LogP contribution in [0.25, 0.3) is 0 Å². The summed E-state index contributed by atoms with van der Waals surface area (Å²) in [5.74, 6) is 1.93. The minimum Gasteiger partial charge on any atom is -0.348 e. The van der Waals surface area contributed by atoms with Crippen molar-refractivity contribution in [2.45, 2.75) is 19.2 Å². The molecule has 0 radical (unpaired) electrons. The van der Waals surface area contributed by atoms with E-state index in [4.69, 9.17) is 0 Å². The van der Waals surface area contributed by atoms with Crippen molar-refractivity contribution in [1.82, 2.24) is 20.1 Å². The molecule has 106 valence electrons. The Kier molecular flexibility index (Phi) is 5.17. The smallest absolute Gasteiger partial charge is 0.230 e. The number of nitrogens with zero attached hydrogens (tertiary/aromatic N) is 3. The van der Waals surface area contributed by atoms with Crippen molar-refractivity contribution in [2.75, 3.05) is 5.75 Å². The highest BCUT2D eigenvalue weighted by Crippen LogP contribution is 2.13. The molecule has 1 heterocycles. The maximum Gasteiger partial charge on any atom is 0.230 e. The van der Waals surface area contributed by atoms with Gasteiger partial charge in [-0.3, -0.25) is 9.48 Å². The number of aromatic nitrogens is 3. The molecule has 0 aliphatic rings. The van der Waals surface area contributed by atoms with E-state index in [0.29, 0.717) is 18.1 Å². The summed E-state index contributed by atoms with van der Waals surface area (Å²) in [6.07, 6.45) is 1.62. The molecule has 1 amide bonds. The molecule has 0 bridgehead atoms. The maximum atomic E-state index is 11.7. The Labute approximate surface area is 122 Å². The predicted octanol–water partition coefficient (Wildman–Crippen LogP) is 1.67. The number of carbonyl (C=O) groups excluding carboxylic acids is 1. The second-order valence-electron chi connectivity index (χ2n) is 4.59. The first-order chi connectivity index (χ1) is 9.63. The van der Waals surface area contributed by atoms with Gasteiger partial charge in [-0.2, -0.15) is 5.10 Å². The lowest BCUT2D eigenvalue weighted by molar-refractivity contribution is -0.118. The van der Waals surface area contributed by atoms with E-state index in [2.05, 4.69) is 40.5 Å². The van der Waals surface area contributed by atoms with Crippen molar-refractivity contribution >= 4 is 17.7 Å². The lowest BCUT2D eigenvalue weighted by atomic mass is 10.2. The normalized spacial score (nSPS) is 10.5. The summed E-state index contributed by atoms with van der Waals surface area (Å²) in [6, 6.07) is 8.33. The number of nitrogens with one attached hydrogen (secondary N) is 1. The Hall–Kier alpha value is -1.82. The van der Waals surface area contributed by atoms with E-state index < -0.39 is 0 Å². The zero-order chi connectivity index (χ0) is 14.4. The van der Waals surface area contributed by atoms with Gasteiger partial charge in [0.05, 0.1) is 12.3 Å². The molecule has 6 heteroatoms. The fourth-order valence-corrected chi connectivity index (χ4v) is 2.56. The van der Waals surface area contributed by atoms with Crippen molar-refractivity contribution in [3.05, 3.63) is 47.5 Å². The van der Waals surface area contributed by atoms with Crippen LogP contribution in [0.3, 0.4) is 0 Å². The number of hydrogen-bond acceptors (Lipinski definition) is 4. The fraction of sp³-hybridized carbons (Fsp3) is 0.357. The second kappa shape index (κ2) is 7.09. The molecule has 0 unspecified atom stereocenters. The molecule has 1 N–H and O–H groups in total. The number of amides is 1. The Morgan fingerprint density at radius 3 is 3.00 bits per heavy atom. The van der Waals surface area contributed by atoms with Gasteiger partial charge in [-0.1, -0.05) is 29.8 Å². The van der Waals surface area contributed by atoms with Gasteiger partial charge in [-0.25, -0.2) is 4.98 Å². The molecular weight excluding hydrogens is 272 g/mol. The topological polar surface area (TPSA) is 59.8 Å². The highest BCUT2D eigenvalue weighted by Gasteiger charge is 2.04. The van der Waals surface area contributed by atoms with Crippen molar-refractivity contribution in [1.29, 1.82) is 0 Å². The van der Waals surface area contributed by atoms with Gasteiger partial charge in [0.15, 0.2) is 5.82 Å². The summed E-state index contributed by atoms with van der Waals surface area (Å²) in [5.41, 5.74) is 2.49. The second-order valence-corrected chi connectivity index (χ2v) is 5.58. The Morgan fingerprint density at radius 1 is 1.45 bits per heavy atom. The van der Waals surface area contributed by atoms with Crippen LogP contribution in [0.15, 0.2) is 30.6 Å². The van der Waals surface area contributed by atoms with Crippen LogP contribution in [-0.2, 0) is 24.1 Å². The summed E-state index contributed by atoms with van der Waals surface area (Å²) >= 11 is 1.61. The number of hydrogen-bond donors (Lipinski definition) is 1. The summed E-state index contributed by atoms with van der Waals surface area (Å²) in [4.78, 5) is 15.7. The van der Waals surface area contributed by atoms with Gasteiger partial charge in [0.25, 0.3) is 0 Å². The Bertz CT molecular complexity index is 582. The highest BCUT2D eigenvalue weighted by molar-refractivity contribution is 7.99. The third-order valence-electron chi connectivity index (χ3n) is 2.68. The largest absolute Gasteiger partial charge is 0.348 e. The fourth-order valence-electron chi connectivity index (χ4n) is 1.76. The maximum absolute atomic E-state index is 11.7. The number of carbonyl (C=O) groups is 1. The lowest BCUT2D eigenvalue weighted by Gasteiger charge is -2.04. The molecule has 0 spiro atoms. The van der Waals surface area contributed by atoms with Gasteiger partial charge >= 0.3 is 0 Å². The third kappa shape index (κ3) is 4.70. The summed E-state index contributed by atoms with van der Waals surface area (Å²) in [7, 11) is 1.80. The van der Waals surface area contributed by atoms with Crippen molar-refractivity contribution in [3.63, 3.8) is 0 Å². The van der Waals surface area contributed by atoms with Crippen molar-refractivity contribution < 1.29 is 4.79 Å². The van der Waals surface area contributed by atoms with Crippen LogP contribution in [0.1, 0.15) is 17.0 Å². The molecular formula is C14H18N4OS. The average molecular weight is 290 g/mol. The number of aryl methyl sites for hydroxylation is 2. The SMILES string of the molecule is Cc1cccc(CSCC(=O)NCc2ncn(C)n2)c1. The molecule has 0 aliphatic carbocycles. The summed E-state index contributed by atoms with van der Waals surface area (Å²) in [5, 5.41) is 6.92. The van der Waals surface area contributed by atoms with Gasteiger partial charge in [0.2, 0.25) is 5.91 Å². The molecule has 2 aromatic rings. The van der Waals surface area contributed by atoms with Gasteiger partial charge in [0.1, 0.15) is 6.33 Å². The van der Waals surface area contributed by atoms with Crippen LogP contribution >= 0.6 is 11.8 Å². The number of thioether (sulfide) groups is 1. The molecule has 0 saturated heterocycles. The van der Waals surface area contributed by atoms with Crippen LogP contribution in [0.2, 0.25) is 0 Å². The minimum atomic E-state index is 0.00936. The van der Waals surface area contributed by atoms with Gasteiger partial charge < -0.3 is 5.32 Å². The van der Waals surface area contributed by atoms with E-state index in [1.807, 2.05) is 6.07 Å². The average Bonchev–Trinajstić information content (AvgIpc) is 2.82. The molecule has 0 fully saturated rings. The van der Waals surface area contributed by atoms with Crippen LogP contribution in [0.5, 0.6) is 0 Å².